The number of nitrogens with zero attached hydrogens (tertiary/aromatic N) is 1. The van der Waals surface area contributed by atoms with Crippen LogP contribution in [0.15, 0.2) is 72.8 Å². The number of allylic oxidation sites excluding steroid dienone is 3. The lowest BCUT2D eigenvalue weighted by Crippen LogP contribution is -2.75. The Balaban J connectivity index is 1.71. The van der Waals surface area contributed by atoms with Crippen LogP contribution in [0.4, 0.5) is 0 Å². The maximum absolute atomic E-state index is 4.39. The number of rotatable bonds is 5. The molecule has 4 unspecified atom stereocenters. The van der Waals surface area contributed by atoms with E-state index in [-0.39, 0.29) is 5.54 Å². The Hall–Kier alpha value is -1.94. The van der Waals surface area contributed by atoms with Gasteiger partial charge in [0.1, 0.15) is 0 Å². The smallest absolute Gasteiger partial charge is 0.194 e. The molecule has 0 amide bonds. The number of benzene rings is 2. The monoisotopic (exact) mass is 470 g/mol. The zero-order valence-electron chi connectivity index (χ0n) is 21.7. The molecule has 2 aliphatic carbocycles. The molecule has 2 aromatic rings. The van der Waals surface area contributed by atoms with Gasteiger partial charge in [0, 0.05) is 11.6 Å². The predicted molar refractivity (Wildman–Crippen MR) is 148 cm³/mol. The van der Waals surface area contributed by atoms with Gasteiger partial charge in [0.2, 0.25) is 0 Å². The first-order chi connectivity index (χ1) is 16.3. The first-order valence-electron chi connectivity index (χ1n) is 13.3. The molecule has 1 saturated carbocycles. The predicted octanol–water partition coefficient (Wildman–Crippen LogP) is 5.35. The van der Waals surface area contributed by atoms with Crippen molar-refractivity contribution >= 4 is 18.6 Å². The van der Waals surface area contributed by atoms with Gasteiger partial charge >= 0.3 is 0 Å². The van der Waals surface area contributed by atoms with Crippen molar-refractivity contribution in [2.75, 3.05) is 13.1 Å². The maximum atomic E-state index is 4.39. The molecule has 0 radical (unpaired) electrons. The van der Waals surface area contributed by atoms with Crippen molar-refractivity contribution in [2.45, 2.75) is 71.0 Å². The van der Waals surface area contributed by atoms with Gasteiger partial charge in [-0.05, 0) is 94.7 Å². The number of aryl methyl sites for hydroxylation is 2. The van der Waals surface area contributed by atoms with Gasteiger partial charge in [-0.3, -0.25) is 4.90 Å². The normalized spacial score (nSPS) is 27.3. The van der Waals surface area contributed by atoms with Crippen LogP contribution in [-0.2, 0) is 0 Å². The average molecular weight is 471 g/mol. The molecule has 5 rings (SSSR count). The van der Waals surface area contributed by atoms with Crippen molar-refractivity contribution in [1.82, 2.24) is 9.88 Å². The Bertz CT molecular complexity index is 993. The molecule has 0 bridgehead atoms. The third kappa shape index (κ3) is 4.39. The van der Waals surface area contributed by atoms with Crippen molar-refractivity contribution < 1.29 is 0 Å². The quantitative estimate of drug-likeness (QED) is 0.593. The number of nitrogens with one attached hydrogen (secondary N) is 1. The fraction of sp³-hybridized carbons (Fsp3) is 0.484. The lowest BCUT2D eigenvalue weighted by molar-refractivity contribution is 0.210. The number of fused-ring (bicyclic) bond motifs is 1. The van der Waals surface area contributed by atoms with Crippen LogP contribution in [0.3, 0.4) is 0 Å². The summed E-state index contributed by atoms with van der Waals surface area (Å²) >= 11 is 0. The fourth-order valence-electron chi connectivity index (χ4n) is 6.99. The van der Waals surface area contributed by atoms with E-state index in [1.165, 1.54) is 53.9 Å². The molecular weight excluding hydrogens is 428 g/mol. The van der Waals surface area contributed by atoms with Gasteiger partial charge in [-0.25, -0.2) is 0 Å². The van der Waals surface area contributed by atoms with E-state index >= 15 is 0 Å². The van der Waals surface area contributed by atoms with Gasteiger partial charge in [0.05, 0.1) is 0 Å². The van der Waals surface area contributed by atoms with Crippen LogP contribution >= 0.6 is 0 Å². The molecular formula is C31H42N2Si. The first-order valence-corrected chi connectivity index (χ1v) is 15.4. The fourth-order valence-corrected chi connectivity index (χ4v) is 12.7. The van der Waals surface area contributed by atoms with Crippen molar-refractivity contribution in [2.24, 2.45) is 11.8 Å². The zero-order chi connectivity index (χ0) is 23.9. The molecule has 4 atom stereocenters. The van der Waals surface area contributed by atoms with Crippen LogP contribution in [0.2, 0.25) is 5.54 Å². The standard InChI is InChI=1S/C31H42N2Si/c1-23-12-16-25(17-13-23)34(32-31(3,4)5,26-18-14-24(2)15-19-26)30-22-29(33-20-8-9-21-33)27-10-6-7-11-28(27)30/h6-7,10-19,27-30,32H,8-9,20-22H2,1-5H3. The van der Waals surface area contributed by atoms with E-state index in [0.717, 1.165) is 0 Å². The second-order valence-corrected chi connectivity index (χ2v) is 15.8. The van der Waals surface area contributed by atoms with Gasteiger partial charge < -0.3 is 4.98 Å². The highest BCUT2D eigenvalue weighted by molar-refractivity contribution is 7.01. The highest BCUT2D eigenvalue weighted by atomic mass is 28.3. The van der Waals surface area contributed by atoms with Crippen LogP contribution in [0.5, 0.6) is 0 Å². The van der Waals surface area contributed by atoms with Crippen LogP contribution in [0.25, 0.3) is 0 Å². The SMILES string of the molecule is Cc1ccc([Si](NC(C)(C)C)(c2ccc(C)cc2)C2CC(N3CCCC3)C3C=CC=CC32)cc1. The summed E-state index contributed by atoms with van der Waals surface area (Å²) in [7, 11) is -2.36. The summed E-state index contributed by atoms with van der Waals surface area (Å²) in [6, 6.07) is 19.8. The van der Waals surface area contributed by atoms with Crippen LogP contribution < -0.4 is 15.4 Å². The van der Waals surface area contributed by atoms with Crippen LogP contribution in [-0.4, -0.2) is 37.8 Å². The third-order valence-corrected chi connectivity index (χ3v) is 13.7. The van der Waals surface area contributed by atoms with Gasteiger partial charge in [-0.15, -0.1) is 0 Å². The van der Waals surface area contributed by atoms with Crippen molar-refractivity contribution in [3.63, 3.8) is 0 Å². The average Bonchev–Trinajstić information content (AvgIpc) is 3.46. The summed E-state index contributed by atoms with van der Waals surface area (Å²) in [5.74, 6) is 1.21. The van der Waals surface area contributed by atoms with Crippen molar-refractivity contribution in [3.8, 4) is 0 Å². The molecule has 34 heavy (non-hydrogen) atoms. The molecule has 2 aromatic carbocycles. The molecule has 1 aliphatic heterocycles. The van der Waals surface area contributed by atoms with Gasteiger partial charge in [-0.2, -0.15) is 0 Å². The molecule has 2 nitrogen and oxygen atoms in total. The Morgan fingerprint density at radius 1 is 0.765 bits per heavy atom. The van der Waals surface area contributed by atoms with Crippen LogP contribution in [0.1, 0.15) is 51.2 Å². The van der Waals surface area contributed by atoms with Crippen LogP contribution in [0, 0.1) is 25.7 Å². The Kier molecular flexibility index (Phi) is 6.47. The topological polar surface area (TPSA) is 15.3 Å². The van der Waals surface area contributed by atoms with E-state index in [1.54, 1.807) is 0 Å². The highest BCUT2D eigenvalue weighted by Gasteiger charge is 2.56. The van der Waals surface area contributed by atoms with Crippen molar-refractivity contribution in [1.29, 1.82) is 0 Å². The molecule has 0 spiro atoms. The summed E-state index contributed by atoms with van der Waals surface area (Å²) in [4.78, 5) is 7.21. The number of hydrogen-bond acceptors (Lipinski definition) is 2. The Morgan fingerprint density at radius 3 is 1.76 bits per heavy atom. The molecule has 0 aromatic heterocycles. The molecule has 3 aliphatic rings. The van der Waals surface area contributed by atoms with E-state index < -0.39 is 8.24 Å². The van der Waals surface area contributed by atoms with E-state index in [0.29, 0.717) is 23.4 Å². The van der Waals surface area contributed by atoms with Crippen molar-refractivity contribution in [3.05, 3.63) is 84.0 Å². The van der Waals surface area contributed by atoms with E-state index in [2.05, 4.69) is 117 Å². The minimum absolute atomic E-state index is 0.0252. The maximum Gasteiger partial charge on any atom is 0.194 e. The number of hydrogen-bond donors (Lipinski definition) is 1. The Morgan fingerprint density at radius 2 is 1.26 bits per heavy atom. The molecule has 180 valence electrons. The first kappa shape index (κ1) is 23.8. The van der Waals surface area contributed by atoms with Gasteiger partial charge in [0.25, 0.3) is 0 Å². The zero-order valence-corrected chi connectivity index (χ0v) is 22.7. The lowest BCUT2D eigenvalue weighted by Gasteiger charge is -2.46. The number of likely N-dealkylation sites (tertiary alicyclic amines) is 1. The van der Waals surface area contributed by atoms with E-state index in [1.807, 2.05) is 0 Å². The third-order valence-electron chi connectivity index (χ3n) is 8.38. The molecule has 3 heteroatoms. The minimum Gasteiger partial charge on any atom is -0.325 e. The summed E-state index contributed by atoms with van der Waals surface area (Å²) in [5, 5.41) is 3.07. The summed E-state index contributed by atoms with van der Waals surface area (Å²) < 4.78 is 0. The second-order valence-electron chi connectivity index (χ2n) is 12.0. The lowest BCUT2D eigenvalue weighted by atomic mass is 9.89. The van der Waals surface area contributed by atoms with E-state index in [4.69, 9.17) is 0 Å². The molecule has 2 fully saturated rings. The Labute approximate surface area is 208 Å². The summed E-state index contributed by atoms with van der Waals surface area (Å²) in [6.07, 6.45) is 13.7. The van der Waals surface area contributed by atoms with Gasteiger partial charge in [-0.1, -0.05) is 84.0 Å². The molecule has 1 heterocycles. The largest absolute Gasteiger partial charge is 0.325 e. The van der Waals surface area contributed by atoms with Gasteiger partial charge in [0.15, 0.2) is 8.24 Å². The molecule has 1 saturated heterocycles. The van der Waals surface area contributed by atoms with E-state index in [9.17, 15) is 0 Å². The summed E-state index contributed by atoms with van der Waals surface area (Å²) in [5.41, 5.74) is 3.31. The highest BCUT2D eigenvalue weighted by Crippen LogP contribution is 2.51. The second kappa shape index (κ2) is 9.26. The summed E-state index contributed by atoms with van der Waals surface area (Å²) in [6.45, 7) is 14.0. The minimum atomic E-state index is -2.36. The molecule has 1 N–H and O–H groups in total.